The lowest BCUT2D eigenvalue weighted by atomic mass is 9.99. The molecule has 1 aliphatic heterocycles. The Morgan fingerprint density at radius 1 is 1.38 bits per heavy atom. The van der Waals surface area contributed by atoms with Crippen LogP contribution in [0.5, 0.6) is 0 Å². The van der Waals surface area contributed by atoms with Crippen LogP contribution in [0.4, 0.5) is 0 Å². The van der Waals surface area contributed by atoms with Crippen LogP contribution in [0.15, 0.2) is 0 Å². The van der Waals surface area contributed by atoms with E-state index in [2.05, 4.69) is 37.9 Å². The summed E-state index contributed by atoms with van der Waals surface area (Å²) in [4.78, 5) is 2.60. The van der Waals surface area contributed by atoms with E-state index in [1.807, 2.05) is 0 Å². The van der Waals surface area contributed by atoms with Crippen LogP contribution in [0, 0.1) is 11.8 Å². The fraction of sp³-hybridized carbons (Fsp3) is 1.00. The molecule has 3 nitrogen and oxygen atoms in total. The first kappa shape index (κ1) is 13.9. The molecule has 1 rings (SSSR count). The minimum atomic E-state index is 0.623. The van der Waals surface area contributed by atoms with Crippen molar-refractivity contribution < 1.29 is 4.74 Å². The minimum absolute atomic E-state index is 0.623. The highest BCUT2D eigenvalue weighted by Crippen LogP contribution is 2.14. The summed E-state index contributed by atoms with van der Waals surface area (Å²) < 4.78 is 5.21. The van der Waals surface area contributed by atoms with Gasteiger partial charge in [-0.05, 0) is 18.8 Å². The monoisotopic (exact) mass is 228 g/mol. The number of nitrogens with zero attached hydrogens (tertiary/aromatic N) is 1. The summed E-state index contributed by atoms with van der Waals surface area (Å²) >= 11 is 0. The van der Waals surface area contributed by atoms with Gasteiger partial charge >= 0.3 is 0 Å². The van der Waals surface area contributed by atoms with Crippen LogP contribution in [0.1, 0.15) is 27.7 Å². The summed E-state index contributed by atoms with van der Waals surface area (Å²) in [5, 5.41) is 3.63. The molecule has 3 heteroatoms. The number of nitrogens with one attached hydrogen (secondary N) is 1. The van der Waals surface area contributed by atoms with Crippen molar-refractivity contribution in [3.63, 3.8) is 0 Å². The van der Waals surface area contributed by atoms with E-state index in [0.717, 1.165) is 19.7 Å². The van der Waals surface area contributed by atoms with Crippen molar-refractivity contribution in [1.82, 2.24) is 10.2 Å². The zero-order valence-electron chi connectivity index (χ0n) is 11.5. The van der Waals surface area contributed by atoms with Crippen molar-refractivity contribution in [2.75, 3.05) is 33.4 Å². The molecule has 1 saturated heterocycles. The van der Waals surface area contributed by atoms with Gasteiger partial charge in [0.05, 0.1) is 0 Å². The summed E-state index contributed by atoms with van der Waals surface area (Å²) in [6.07, 6.45) is 0. The van der Waals surface area contributed by atoms with Crippen molar-refractivity contribution in [2.24, 2.45) is 11.8 Å². The highest BCUT2D eigenvalue weighted by atomic mass is 16.5. The van der Waals surface area contributed by atoms with Crippen molar-refractivity contribution in [2.45, 2.75) is 39.8 Å². The molecule has 0 aromatic rings. The zero-order valence-corrected chi connectivity index (χ0v) is 11.5. The molecule has 1 fully saturated rings. The normalized spacial score (nSPS) is 29.6. The van der Waals surface area contributed by atoms with Crippen LogP contribution in [0.2, 0.25) is 0 Å². The molecule has 3 unspecified atom stereocenters. The van der Waals surface area contributed by atoms with E-state index in [0.29, 0.717) is 23.9 Å². The standard InChI is InChI=1S/C13H28N2O/c1-10(2)13-8-15(12(4)6-14-13)7-11(3)9-16-5/h10-14H,6-9H2,1-5H3. The minimum Gasteiger partial charge on any atom is -0.384 e. The summed E-state index contributed by atoms with van der Waals surface area (Å²) in [6.45, 7) is 13.5. The van der Waals surface area contributed by atoms with Gasteiger partial charge in [0.2, 0.25) is 0 Å². The molecule has 96 valence electrons. The number of hydrogen-bond acceptors (Lipinski definition) is 3. The molecule has 0 aromatic heterocycles. The molecule has 0 amide bonds. The fourth-order valence-electron chi connectivity index (χ4n) is 2.39. The third kappa shape index (κ3) is 4.04. The Kier molecular flexibility index (Phi) is 5.73. The van der Waals surface area contributed by atoms with Crippen LogP contribution in [0.3, 0.4) is 0 Å². The van der Waals surface area contributed by atoms with E-state index in [1.54, 1.807) is 7.11 Å². The third-order valence-electron chi connectivity index (χ3n) is 3.53. The molecule has 3 atom stereocenters. The second kappa shape index (κ2) is 6.58. The van der Waals surface area contributed by atoms with Crippen LogP contribution >= 0.6 is 0 Å². The van der Waals surface area contributed by atoms with Gasteiger partial charge < -0.3 is 10.1 Å². The van der Waals surface area contributed by atoms with Crippen molar-refractivity contribution in [1.29, 1.82) is 0 Å². The van der Waals surface area contributed by atoms with Gasteiger partial charge in [0.15, 0.2) is 0 Å². The molecule has 0 aromatic carbocycles. The molecule has 0 spiro atoms. The summed E-state index contributed by atoms with van der Waals surface area (Å²) in [5.74, 6) is 1.34. The largest absolute Gasteiger partial charge is 0.384 e. The second-order valence-corrected chi connectivity index (χ2v) is 5.62. The SMILES string of the molecule is COCC(C)CN1CC(C(C)C)NCC1C. The predicted octanol–water partition coefficient (Wildman–Crippen LogP) is 1.59. The van der Waals surface area contributed by atoms with Gasteiger partial charge in [-0.1, -0.05) is 20.8 Å². The number of ether oxygens (including phenoxy) is 1. The van der Waals surface area contributed by atoms with Gasteiger partial charge in [-0.25, -0.2) is 0 Å². The molecular weight excluding hydrogens is 200 g/mol. The van der Waals surface area contributed by atoms with Crippen molar-refractivity contribution in [3.05, 3.63) is 0 Å². The lowest BCUT2D eigenvalue weighted by Crippen LogP contribution is -2.57. The van der Waals surface area contributed by atoms with Gasteiger partial charge in [-0.3, -0.25) is 4.90 Å². The van der Waals surface area contributed by atoms with Crippen LogP contribution in [-0.4, -0.2) is 50.3 Å². The van der Waals surface area contributed by atoms with Gasteiger partial charge in [-0.2, -0.15) is 0 Å². The Hall–Kier alpha value is -0.120. The highest BCUT2D eigenvalue weighted by Gasteiger charge is 2.27. The van der Waals surface area contributed by atoms with Crippen molar-refractivity contribution >= 4 is 0 Å². The fourth-order valence-corrected chi connectivity index (χ4v) is 2.39. The topological polar surface area (TPSA) is 24.5 Å². The number of piperazine rings is 1. The highest BCUT2D eigenvalue weighted by molar-refractivity contribution is 4.86. The van der Waals surface area contributed by atoms with E-state index in [4.69, 9.17) is 4.74 Å². The van der Waals surface area contributed by atoms with Gasteiger partial charge in [0, 0.05) is 45.4 Å². The Morgan fingerprint density at radius 3 is 2.62 bits per heavy atom. The van der Waals surface area contributed by atoms with Gasteiger partial charge in [0.1, 0.15) is 0 Å². The molecule has 1 heterocycles. The second-order valence-electron chi connectivity index (χ2n) is 5.62. The summed E-state index contributed by atoms with van der Waals surface area (Å²) in [7, 11) is 1.79. The van der Waals surface area contributed by atoms with Crippen molar-refractivity contribution in [3.8, 4) is 0 Å². The lowest BCUT2D eigenvalue weighted by Gasteiger charge is -2.41. The number of hydrogen-bond donors (Lipinski definition) is 1. The third-order valence-corrected chi connectivity index (χ3v) is 3.53. The van der Waals surface area contributed by atoms with Crippen LogP contribution < -0.4 is 5.32 Å². The summed E-state index contributed by atoms with van der Waals surface area (Å²) in [5.41, 5.74) is 0. The first-order chi connectivity index (χ1) is 7.54. The smallest absolute Gasteiger partial charge is 0.0500 e. The van der Waals surface area contributed by atoms with E-state index in [9.17, 15) is 0 Å². The quantitative estimate of drug-likeness (QED) is 0.773. The molecule has 1 N–H and O–H groups in total. The zero-order chi connectivity index (χ0) is 12.1. The molecular formula is C13H28N2O. The molecule has 1 aliphatic rings. The first-order valence-corrected chi connectivity index (χ1v) is 6.51. The molecule has 0 saturated carbocycles. The Bertz CT molecular complexity index is 196. The maximum Gasteiger partial charge on any atom is 0.0500 e. The molecule has 0 radical (unpaired) electrons. The van der Waals surface area contributed by atoms with E-state index < -0.39 is 0 Å². The average molecular weight is 228 g/mol. The Balaban J connectivity index is 2.43. The lowest BCUT2D eigenvalue weighted by molar-refractivity contribution is 0.0789. The average Bonchev–Trinajstić information content (AvgIpc) is 2.21. The van der Waals surface area contributed by atoms with Crippen LogP contribution in [-0.2, 0) is 4.74 Å². The van der Waals surface area contributed by atoms with Gasteiger partial charge in [-0.15, -0.1) is 0 Å². The number of methoxy groups -OCH3 is 1. The molecule has 0 aliphatic carbocycles. The maximum atomic E-state index is 5.21. The predicted molar refractivity (Wildman–Crippen MR) is 68.7 cm³/mol. The number of rotatable bonds is 5. The van der Waals surface area contributed by atoms with Crippen LogP contribution in [0.25, 0.3) is 0 Å². The molecule has 0 bridgehead atoms. The maximum absolute atomic E-state index is 5.21. The van der Waals surface area contributed by atoms with E-state index in [1.165, 1.54) is 6.54 Å². The van der Waals surface area contributed by atoms with E-state index in [-0.39, 0.29) is 0 Å². The summed E-state index contributed by atoms with van der Waals surface area (Å²) in [6, 6.07) is 1.29. The molecule has 16 heavy (non-hydrogen) atoms. The Labute approximate surface area is 101 Å². The van der Waals surface area contributed by atoms with E-state index >= 15 is 0 Å². The Morgan fingerprint density at radius 2 is 2.06 bits per heavy atom. The van der Waals surface area contributed by atoms with Gasteiger partial charge in [0.25, 0.3) is 0 Å². The first-order valence-electron chi connectivity index (χ1n) is 6.51.